The van der Waals surface area contributed by atoms with Crippen molar-refractivity contribution in [1.29, 1.82) is 0 Å². The Bertz CT molecular complexity index is 922. The van der Waals surface area contributed by atoms with Crippen molar-refractivity contribution in [2.24, 2.45) is 5.92 Å². The summed E-state index contributed by atoms with van der Waals surface area (Å²) in [5, 5.41) is 5.63. The fourth-order valence-electron chi connectivity index (χ4n) is 4.37. The largest absolute Gasteiger partial charge is 0.350 e. The summed E-state index contributed by atoms with van der Waals surface area (Å²) in [5.41, 5.74) is 1.83. The van der Waals surface area contributed by atoms with Gasteiger partial charge in [0.2, 0.25) is 0 Å². The van der Waals surface area contributed by atoms with Gasteiger partial charge in [0.25, 0.3) is 17.7 Å². The molecule has 0 bridgehead atoms. The molecule has 6 nitrogen and oxygen atoms in total. The number of rotatable bonds is 5. The van der Waals surface area contributed by atoms with Gasteiger partial charge in [0.1, 0.15) is 0 Å². The van der Waals surface area contributed by atoms with E-state index in [0.717, 1.165) is 31.2 Å². The predicted molar refractivity (Wildman–Crippen MR) is 115 cm³/mol. The van der Waals surface area contributed by atoms with Crippen LogP contribution in [0, 0.1) is 5.92 Å². The van der Waals surface area contributed by atoms with E-state index in [-0.39, 0.29) is 5.91 Å². The van der Waals surface area contributed by atoms with Crippen molar-refractivity contribution < 1.29 is 14.4 Å². The van der Waals surface area contributed by atoms with Gasteiger partial charge in [-0.25, -0.2) is 0 Å². The summed E-state index contributed by atoms with van der Waals surface area (Å²) in [6.07, 6.45) is 5.49. The molecule has 6 heteroatoms. The first kappa shape index (κ1) is 20.1. The maximum absolute atomic E-state index is 13.4. The number of carbonyl (C=O) groups is 3. The number of para-hydroxylation sites is 1. The molecule has 0 saturated heterocycles. The van der Waals surface area contributed by atoms with Gasteiger partial charge in [-0.3, -0.25) is 14.4 Å². The van der Waals surface area contributed by atoms with Crippen LogP contribution in [-0.4, -0.2) is 35.2 Å². The van der Waals surface area contributed by atoms with E-state index in [0.29, 0.717) is 30.3 Å². The molecule has 2 N–H and O–H groups in total. The minimum Gasteiger partial charge on any atom is -0.350 e. The van der Waals surface area contributed by atoms with Gasteiger partial charge in [-0.2, -0.15) is 0 Å². The van der Waals surface area contributed by atoms with E-state index >= 15 is 0 Å². The Kier molecular flexibility index (Phi) is 6.12. The number of hydrogen-bond donors (Lipinski definition) is 2. The predicted octanol–water partition coefficient (Wildman–Crippen LogP) is 3.35. The molecule has 1 fully saturated rings. The van der Waals surface area contributed by atoms with Crippen LogP contribution in [0.15, 0.2) is 54.6 Å². The quantitative estimate of drug-likeness (QED) is 0.749. The van der Waals surface area contributed by atoms with Crippen molar-refractivity contribution in [3.05, 3.63) is 65.7 Å². The van der Waals surface area contributed by atoms with Crippen molar-refractivity contribution in [2.75, 3.05) is 11.9 Å². The van der Waals surface area contributed by atoms with E-state index in [1.165, 1.54) is 11.3 Å². The average molecular weight is 405 g/mol. The van der Waals surface area contributed by atoms with Gasteiger partial charge >= 0.3 is 0 Å². The van der Waals surface area contributed by atoms with Crippen molar-refractivity contribution in [2.45, 2.75) is 44.7 Å². The topological polar surface area (TPSA) is 78.5 Å². The van der Waals surface area contributed by atoms with Crippen LogP contribution in [0.3, 0.4) is 0 Å². The van der Waals surface area contributed by atoms with Gasteiger partial charge in [-0.05, 0) is 36.5 Å². The first-order valence-corrected chi connectivity index (χ1v) is 10.7. The lowest BCUT2D eigenvalue weighted by molar-refractivity contribution is -0.133. The van der Waals surface area contributed by atoms with E-state index in [1.54, 1.807) is 24.3 Å². The third-order valence-corrected chi connectivity index (χ3v) is 5.97. The Morgan fingerprint density at radius 1 is 0.967 bits per heavy atom. The molecule has 1 aliphatic heterocycles. The highest BCUT2D eigenvalue weighted by atomic mass is 16.2. The number of nitrogens with zero attached hydrogens (tertiary/aromatic N) is 1. The van der Waals surface area contributed by atoms with Crippen LogP contribution in [0.1, 0.15) is 48.0 Å². The summed E-state index contributed by atoms with van der Waals surface area (Å²) >= 11 is 0. The van der Waals surface area contributed by atoms with E-state index in [4.69, 9.17) is 0 Å². The Morgan fingerprint density at radius 2 is 1.67 bits per heavy atom. The zero-order valence-electron chi connectivity index (χ0n) is 17.0. The fourth-order valence-corrected chi connectivity index (χ4v) is 4.37. The number of carbonyl (C=O) groups excluding carboxylic acids is 3. The van der Waals surface area contributed by atoms with Crippen LogP contribution >= 0.6 is 0 Å². The summed E-state index contributed by atoms with van der Waals surface area (Å²) in [7, 11) is 0. The number of anilines is 1. The fraction of sp³-hybridized carbons (Fsp3) is 0.375. The SMILES string of the molecule is O=C(NCc1ccccc1)C1C(=O)Nc2ccccc2C(=O)N1CC1CCCCC1. The molecular formula is C24H27N3O3. The van der Waals surface area contributed by atoms with Crippen LogP contribution in [0.2, 0.25) is 0 Å². The number of amides is 3. The molecule has 0 radical (unpaired) electrons. The van der Waals surface area contributed by atoms with Crippen molar-refractivity contribution in [1.82, 2.24) is 10.2 Å². The molecule has 2 aromatic rings. The summed E-state index contributed by atoms with van der Waals surface area (Å²) in [6, 6.07) is 15.3. The minimum atomic E-state index is -1.18. The minimum absolute atomic E-state index is 0.269. The lowest BCUT2D eigenvalue weighted by Gasteiger charge is -2.32. The Morgan fingerprint density at radius 3 is 2.43 bits per heavy atom. The van der Waals surface area contributed by atoms with Gasteiger partial charge in [-0.1, -0.05) is 61.7 Å². The van der Waals surface area contributed by atoms with Gasteiger partial charge in [0.05, 0.1) is 11.3 Å². The molecule has 4 rings (SSSR count). The molecule has 1 heterocycles. The smallest absolute Gasteiger partial charge is 0.257 e. The molecule has 0 spiro atoms. The average Bonchev–Trinajstić information content (AvgIpc) is 2.88. The van der Waals surface area contributed by atoms with Gasteiger partial charge in [0, 0.05) is 13.1 Å². The summed E-state index contributed by atoms with van der Waals surface area (Å²) in [5.74, 6) is -0.873. The maximum atomic E-state index is 13.4. The van der Waals surface area contributed by atoms with Crippen LogP contribution in [0.25, 0.3) is 0 Å². The molecule has 2 aliphatic rings. The first-order chi connectivity index (χ1) is 14.6. The summed E-state index contributed by atoms with van der Waals surface area (Å²) < 4.78 is 0. The van der Waals surface area contributed by atoms with Crippen LogP contribution in [0.5, 0.6) is 0 Å². The second-order valence-corrected chi connectivity index (χ2v) is 8.10. The monoisotopic (exact) mass is 405 g/mol. The number of nitrogens with one attached hydrogen (secondary N) is 2. The molecule has 1 aliphatic carbocycles. The van der Waals surface area contributed by atoms with Crippen molar-refractivity contribution in [3.8, 4) is 0 Å². The molecular weight excluding hydrogens is 378 g/mol. The van der Waals surface area contributed by atoms with Crippen molar-refractivity contribution in [3.63, 3.8) is 0 Å². The number of fused-ring (bicyclic) bond motifs is 1. The first-order valence-electron chi connectivity index (χ1n) is 10.7. The highest BCUT2D eigenvalue weighted by Crippen LogP contribution is 2.29. The van der Waals surface area contributed by atoms with Crippen LogP contribution in [-0.2, 0) is 16.1 Å². The van der Waals surface area contributed by atoms with Crippen LogP contribution in [0.4, 0.5) is 5.69 Å². The third kappa shape index (κ3) is 4.37. The van der Waals surface area contributed by atoms with Crippen LogP contribution < -0.4 is 10.6 Å². The van der Waals surface area contributed by atoms with Gasteiger partial charge in [0.15, 0.2) is 6.04 Å². The third-order valence-electron chi connectivity index (χ3n) is 5.97. The lowest BCUT2D eigenvalue weighted by Crippen LogP contribution is -2.55. The second-order valence-electron chi connectivity index (χ2n) is 8.10. The van der Waals surface area contributed by atoms with E-state index in [1.807, 2.05) is 30.3 Å². The van der Waals surface area contributed by atoms with E-state index in [2.05, 4.69) is 10.6 Å². The molecule has 0 aromatic heterocycles. The number of hydrogen-bond acceptors (Lipinski definition) is 3. The lowest BCUT2D eigenvalue weighted by atomic mass is 9.88. The highest BCUT2D eigenvalue weighted by Gasteiger charge is 2.40. The Balaban J connectivity index is 1.60. The van der Waals surface area contributed by atoms with E-state index in [9.17, 15) is 14.4 Å². The Labute approximate surface area is 176 Å². The standard InChI is InChI=1S/C24H27N3O3/c28-22(25-15-17-9-3-1-4-10-17)21-23(29)26-20-14-8-7-13-19(20)24(30)27(21)16-18-11-5-2-6-12-18/h1,3-4,7-10,13-14,18,21H,2,5-6,11-12,15-16H2,(H,25,28)(H,26,29). The zero-order chi connectivity index (χ0) is 20.9. The molecule has 1 unspecified atom stereocenters. The molecule has 2 aromatic carbocycles. The van der Waals surface area contributed by atoms with E-state index < -0.39 is 17.9 Å². The van der Waals surface area contributed by atoms with Crippen molar-refractivity contribution >= 4 is 23.4 Å². The summed E-state index contributed by atoms with van der Waals surface area (Å²) in [6.45, 7) is 0.728. The molecule has 3 amide bonds. The number of benzene rings is 2. The molecule has 1 atom stereocenters. The summed E-state index contributed by atoms with van der Waals surface area (Å²) in [4.78, 5) is 41.1. The highest BCUT2D eigenvalue weighted by molar-refractivity contribution is 6.17. The normalized spacial score (nSPS) is 19.6. The molecule has 30 heavy (non-hydrogen) atoms. The van der Waals surface area contributed by atoms with Gasteiger partial charge < -0.3 is 15.5 Å². The molecule has 1 saturated carbocycles. The second kappa shape index (κ2) is 9.11. The zero-order valence-corrected chi connectivity index (χ0v) is 17.0. The van der Waals surface area contributed by atoms with Gasteiger partial charge in [-0.15, -0.1) is 0 Å². The molecule has 156 valence electrons. The Hall–Kier alpha value is -3.15. The maximum Gasteiger partial charge on any atom is 0.257 e.